The van der Waals surface area contributed by atoms with Gasteiger partial charge in [0.05, 0.1) is 6.20 Å². The number of carbonyl (C=O) groups excluding carboxylic acids is 1. The summed E-state index contributed by atoms with van der Waals surface area (Å²) in [6.07, 6.45) is 2.25. The average molecular weight is 334 g/mol. The Morgan fingerprint density at radius 3 is 2.83 bits per heavy atom. The van der Waals surface area contributed by atoms with Crippen molar-refractivity contribution in [3.8, 4) is 0 Å². The van der Waals surface area contributed by atoms with Crippen molar-refractivity contribution in [3.63, 3.8) is 0 Å². The van der Waals surface area contributed by atoms with E-state index in [1.807, 2.05) is 30.3 Å². The van der Waals surface area contributed by atoms with Crippen molar-refractivity contribution in [2.24, 2.45) is 5.92 Å². The van der Waals surface area contributed by atoms with Gasteiger partial charge in [-0.15, -0.1) is 12.4 Å². The molecule has 120 valence electrons. The van der Waals surface area contributed by atoms with Crippen molar-refractivity contribution in [3.05, 3.63) is 58.3 Å². The van der Waals surface area contributed by atoms with Crippen molar-refractivity contribution in [1.82, 2.24) is 9.55 Å². The Morgan fingerprint density at radius 1 is 1.35 bits per heavy atom. The van der Waals surface area contributed by atoms with Crippen LogP contribution >= 0.6 is 12.4 Å². The smallest absolute Gasteiger partial charge is 0.329 e. The molecule has 6 nitrogen and oxygen atoms in total. The Labute approximate surface area is 138 Å². The van der Waals surface area contributed by atoms with Gasteiger partial charge >= 0.3 is 5.97 Å². The molecule has 3 atom stereocenters. The Bertz CT molecular complexity index is 806. The number of benzene rings is 1. The average Bonchev–Trinajstić information content (AvgIpc) is 3.25. The van der Waals surface area contributed by atoms with Crippen molar-refractivity contribution in [2.45, 2.75) is 25.0 Å². The minimum atomic E-state index is -0.591. The molecule has 0 amide bonds. The number of nitrogens with two attached hydrogens (primary N) is 1. The van der Waals surface area contributed by atoms with Crippen molar-refractivity contribution in [2.75, 3.05) is 5.73 Å². The zero-order valence-corrected chi connectivity index (χ0v) is 13.0. The van der Waals surface area contributed by atoms with E-state index in [4.69, 9.17) is 10.5 Å². The lowest BCUT2D eigenvalue weighted by atomic mass is 10.2. The Kier molecular flexibility index (Phi) is 3.85. The first kappa shape index (κ1) is 15.6. The van der Waals surface area contributed by atoms with E-state index in [2.05, 4.69) is 4.98 Å². The van der Waals surface area contributed by atoms with Crippen molar-refractivity contribution >= 4 is 24.1 Å². The molecule has 7 heteroatoms. The van der Waals surface area contributed by atoms with E-state index < -0.39 is 6.04 Å². The molecule has 1 aromatic heterocycles. The fraction of sp³-hybridized carbons (Fsp3) is 0.312. The number of rotatable bonds is 3. The van der Waals surface area contributed by atoms with E-state index in [1.165, 1.54) is 10.8 Å². The number of esters is 1. The summed E-state index contributed by atoms with van der Waals surface area (Å²) in [5.41, 5.74) is 6.26. The van der Waals surface area contributed by atoms with E-state index in [1.54, 1.807) is 0 Å². The largest absolute Gasteiger partial charge is 0.459 e. The van der Waals surface area contributed by atoms with Gasteiger partial charge in [0.2, 0.25) is 0 Å². The highest BCUT2D eigenvalue weighted by molar-refractivity contribution is 5.85. The Hall–Kier alpha value is -2.34. The van der Waals surface area contributed by atoms with Crippen LogP contribution in [0.4, 0.5) is 5.69 Å². The molecule has 23 heavy (non-hydrogen) atoms. The first-order valence-corrected chi connectivity index (χ1v) is 7.24. The molecule has 4 rings (SSSR count). The molecule has 0 radical (unpaired) electrons. The fourth-order valence-electron chi connectivity index (χ4n) is 3.19. The summed E-state index contributed by atoms with van der Waals surface area (Å²) in [4.78, 5) is 28.9. The number of nitrogens with zero attached hydrogens (tertiary/aromatic N) is 2. The van der Waals surface area contributed by atoms with Gasteiger partial charge in [-0.1, -0.05) is 30.3 Å². The third-order valence-electron chi connectivity index (χ3n) is 4.37. The zero-order valence-electron chi connectivity index (χ0n) is 12.2. The summed E-state index contributed by atoms with van der Waals surface area (Å²) in [5, 5.41) is 0. The van der Waals surface area contributed by atoms with Gasteiger partial charge in [0.15, 0.2) is 0 Å². The van der Waals surface area contributed by atoms with Gasteiger partial charge in [-0.05, 0) is 12.0 Å². The van der Waals surface area contributed by atoms with Gasteiger partial charge in [-0.25, -0.2) is 9.78 Å². The summed E-state index contributed by atoms with van der Waals surface area (Å²) >= 11 is 0. The minimum absolute atomic E-state index is 0. The number of hydrogen-bond acceptors (Lipinski definition) is 5. The number of halogens is 1. The predicted molar refractivity (Wildman–Crippen MR) is 86.3 cm³/mol. The molecule has 2 N–H and O–H groups in total. The molecule has 1 fully saturated rings. The van der Waals surface area contributed by atoms with Gasteiger partial charge in [0.1, 0.15) is 24.2 Å². The highest BCUT2D eigenvalue weighted by atomic mass is 35.5. The number of hydrogen-bond donors (Lipinski definition) is 1. The second kappa shape index (κ2) is 5.70. The second-order valence-corrected chi connectivity index (χ2v) is 5.79. The zero-order chi connectivity index (χ0) is 15.3. The van der Waals surface area contributed by atoms with Crippen molar-refractivity contribution < 1.29 is 9.53 Å². The van der Waals surface area contributed by atoms with E-state index in [9.17, 15) is 9.59 Å². The second-order valence-electron chi connectivity index (χ2n) is 5.79. The number of carbonyl (C=O) groups is 1. The van der Waals surface area contributed by atoms with Crippen LogP contribution in [-0.4, -0.2) is 15.5 Å². The number of fused-ring (bicyclic) bond motifs is 3. The summed E-state index contributed by atoms with van der Waals surface area (Å²) in [6.45, 7) is 0.202. The van der Waals surface area contributed by atoms with E-state index in [0.717, 1.165) is 12.0 Å². The van der Waals surface area contributed by atoms with Crippen LogP contribution in [0.15, 0.2) is 41.3 Å². The van der Waals surface area contributed by atoms with Crippen LogP contribution in [0.1, 0.15) is 29.8 Å². The molecule has 2 aliphatic rings. The lowest BCUT2D eigenvalue weighted by Gasteiger charge is -2.16. The third-order valence-corrected chi connectivity index (χ3v) is 4.37. The van der Waals surface area contributed by atoms with E-state index in [0.29, 0.717) is 5.82 Å². The predicted octanol–water partition coefficient (Wildman–Crippen LogP) is 1.65. The molecule has 0 saturated heterocycles. The fourth-order valence-corrected chi connectivity index (χ4v) is 3.19. The highest BCUT2D eigenvalue weighted by Gasteiger charge is 2.57. The summed E-state index contributed by atoms with van der Waals surface area (Å²) in [5.74, 6) is 0.573. The first-order valence-electron chi connectivity index (χ1n) is 7.24. The standard InChI is InChI=1S/C16H15N3O3.ClH/c17-12-7-18-14-11-6-10(11)13(19(14)15(12)20)16(21)22-8-9-4-2-1-3-5-9;/h1-5,7,10-11,13H,6,8,17H2;1H/t10-,11+,13+;/m0./s1. The summed E-state index contributed by atoms with van der Waals surface area (Å²) in [7, 11) is 0. The minimum Gasteiger partial charge on any atom is -0.459 e. The normalized spacial score (nSPS) is 23.4. The molecular weight excluding hydrogens is 318 g/mol. The van der Waals surface area contributed by atoms with Crippen LogP contribution in [0.2, 0.25) is 0 Å². The molecule has 1 aromatic carbocycles. The number of aromatic nitrogens is 2. The van der Waals surface area contributed by atoms with Crippen LogP contribution in [0.5, 0.6) is 0 Å². The SMILES string of the molecule is Cl.Nc1cnc2n(c1=O)[C@@H](C(=O)OCc1ccccc1)[C@H]1C[C@@H]21. The van der Waals surface area contributed by atoms with Crippen LogP contribution in [0.3, 0.4) is 0 Å². The number of nitrogen functional groups attached to an aromatic ring is 1. The van der Waals surface area contributed by atoms with Crippen LogP contribution in [0, 0.1) is 5.92 Å². The van der Waals surface area contributed by atoms with Crippen LogP contribution in [0.25, 0.3) is 0 Å². The van der Waals surface area contributed by atoms with Gasteiger partial charge in [0, 0.05) is 11.8 Å². The maximum absolute atomic E-state index is 12.4. The molecule has 1 aliphatic carbocycles. The quantitative estimate of drug-likeness (QED) is 0.863. The van der Waals surface area contributed by atoms with Crippen molar-refractivity contribution in [1.29, 1.82) is 0 Å². The topological polar surface area (TPSA) is 87.2 Å². The monoisotopic (exact) mass is 333 g/mol. The number of ether oxygens (including phenoxy) is 1. The van der Waals surface area contributed by atoms with E-state index >= 15 is 0 Å². The lowest BCUT2D eigenvalue weighted by Crippen LogP contribution is -2.33. The summed E-state index contributed by atoms with van der Waals surface area (Å²) in [6, 6.07) is 8.87. The van der Waals surface area contributed by atoms with Gasteiger partial charge in [0.25, 0.3) is 5.56 Å². The third kappa shape index (κ3) is 2.49. The Balaban J connectivity index is 0.00000156. The highest BCUT2D eigenvalue weighted by Crippen LogP contribution is 2.58. The molecular formula is C16H16ClN3O3. The van der Waals surface area contributed by atoms with Gasteiger partial charge < -0.3 is 10.5 Å². The molecule has 1 saturated carbocycles. The maximum Gasteiger partial charge on any atom is 0.329 e. The lowest BCUT2D eigenvalue weighted by molar-refractivity contribution is -0.149. The van der Waals surface area contributed by atoms with Gasteiger partial charge in [-0.3, -0.25) is 9.36 Å². The van der Waals surface area contributed by atoms with E-state index in [-0.39, 0.29) is 48.1 Å². The van der Waals surface area contributed by atoms with Crippen LogP contribution < -0.4 is 11.3 Å². The molecule has 0 spiro atoms. The number of anilines is 1. The molecule has 1 aliphatic heterocycles. The maximum atomic E-state index is 12.4. The molecule has 0 bridgehead atoms. The molecule has 2 aromatic rings. The molecule has 2 heterocycles. The molecule has 0 unspecified atom stereocenters. The first-order chi connectivity index (χ1) is 10.7. The Morgan fingerprint density at radius 2 is 2.09 bits per heavy atom. The van der Waals surface area contributed by atoms with Gasteiger partial charge in [-0.2, -0.15) is 0 Å². The van der Waals surface area contributed by atoms with Crippen LogP contribution in [-0.2, 0) is 16.1 Å². The summed E-state index contributed by atoms with van der Waals surface area (Å²) < 4.78 is 6.81.